The van der Waals surface area contributed by atoms with Crippen molar-refractivity contribution in [3.8, 4) is 0 Å². The van der Waals surface area contributed by atoms with Gasteiger partial charge in [0.2, 0.25) is 0 Å². The maximum Gasteiger partial charge on any atom is 0.0117 e. The molecule has 3 heteroatoms. The normalized spacial score (nSPS) is 21.4. The summed E-state index contributed by atoms with van der Waals surface area (Å²) in [5.74, 6) is 0.738. The third-order valence-electron chi connectivity index (χ3n) is 3.79. The zero-order chi connectivity index (χ0) is 12.8. The second-order valence-corrected chi connectivity index (χ2v) is 6.14. The van der Waals surface area contributed by atoms with Crippen molar-refractivity contribution in [3.05, 3.63) is 0 Å². The van der Waals surface area contributed by atoms with Crippen molar-refractivity contribution in [1.82, 2.24) is 15.1 Å². The van der Waals surface area contributed by atoms with Gasteiger partial charge in [0.25, 0.3) is 0 Å². The fourth-order valence-electron chi connectivity index (χ4n) is 2.58. The van der Waals surface area contributed by atoms with Gasteiger partial charge in [-0.05, 0) is 52.5 Å². The Morgan fingerprint density at radius 1 is 1.24 bits per heavy atom. The highest BCUT2D eigenvalue weighted by atomic mass is 15.2. The summed E-state index contributed by atoms with van der Waals surface area (Å²) in [6, 6.07) is 1.40. The first-order valence-electron chi connectivity index (χ1n) is 7.11. The smallest absolute Gasteiger partial charge is 0.0117 e. The molecule has 1 unspecified atom stereocenters. The maximum absolute atomic E-state index is 3.53. The molecule has 0 amide bonds. The van der Waals surface area contributed by atoms with Crippen molar-refractivity contribution in [2.24, 2.45) is 5.92 Å². The standard InChI is InChI=1S/C14H31N3/c1-12(2)15-10-13(3)11-17(5)14-6-8-16(4)9-7-14/h12-15H,6-11H2,1-5H3. The van der Waals surface area contributed by atoms with E-state index in [-0.39, 0.29) is 0 Å². The first-order chi connectivity index (χ1) is 7.99. The maximum atomic E-state index is 3.53. The van der Waals surface area contributed by atoms with Crippen LogP contribution in [0.15, 0.2) is 0 Å². The van der Waals surface area contributed by atoms with Crippen molar-refractivity contribution in [2.45, 2.75) is 45.7 Å². The van der Waals surface area contributed by atoms with Crippen LogP contribution in [-0.2, 0) is 0 Å². The van der Waals surface area contributed by atoms with E-state index in [0.29, 0.717) is 6.04 Å². The van der Waals surface area contributed by atoms with Gasteiger partial charge in [-0.25, -0.2) is 0 Å². The number of hydrogen-bond acceptors (Lipinski definition) is 3. The van der Waals surface area contributed by atoms with E-state index < -0.39 is 0 Å². The van der Waals surface area contributed by atoms with Crippen LogP contribution in [0.25, 0.3) is 0 Å². The first-order valence-corrected chi connectivity index (χ1v) is 7.11. The molecule has 102 valence electrons. The lowest BCUT2D eigenvalue weighted by Gasteiger charge is -2.36. The van der Waals surface area contributed by atoms with E-state index >= 15 is 0 Å². The topological polar surface area (TPSA) is 18.5 Å². The molecule has 1 rings (SSSR count). The lowest BCUT2D eigenvalue weighted by molar-refractivity contribution is 0.131. The highest BCUT2D eigenvalue weighted by Crippen LogP contribution is 2.15. The van der Waals surface area contributed by atoms with Gasteiger partial charge >= 0.3 is 0 Å². The SMILES string of the molecule is CC(CNC(C)C)CN(C)C1CCN(C)CC1. The van der Waals surface area contributed by atoms with Crippen molar-refractivity contribution < 1.29 is 0 Å². The fraction of sp³-hybridized carbons (Fsp3) is 1.00. The molecule has 3 nitrogen and oxygen atoms in total. The molecule has 0 saturated carbocycles. The molecular formula is C14H31N3. The van der Waals surface area contributed by atoms with Gasteiger partial charge in [0, 0.05) is 18.6 Å². The largest absolute Gasteiger partial charge is 0.314 e. The van der Waals surface area contributed by atoms with Crippen LogP contribution in [-0.4, -0.2) is 62.2 Å². The lowest BCUT2D eigenvalue weighted by atomic mass is 10.0. The van der Waals surface area contributed by atoms with Crippen molar-refractivity contribution >= 4 is 0 Å². The van der Waals surface area contributed by atoms with E-state index in [4.69, 9.17) is 0 Å². The van der Waals surface area contributed by atoms with E-state index in [1.54, 1.807) is 0 Å². The summed E-state index contributed by atoms with van der Waals surface area (Å²) in [6.45, 7) is 11.6. The molecule has 1 aliphatic rings. The van der Waals surface area contributed by atoms with Gasteiger partial charge in [0.05, 0.1) is 0 Å². The second kappa shape index (κ2) is 7.34. The first kappa shape index (κ1) is 14.9. The van der Waals surface area contributed by atoms with Crippen molar-refractivity contribution in [2.75, 3.05) is 40.3 Å². The van der Waals surface area contributed by atoms with Crippen LogP contribution in [0.5, 0.6) is 0 Å². The summed E-state index contributed by atoms with van der Waals surface area (Å²) in [5.41, 5.74) is 0. The van der Waals surface area contributed by atoms with E-state index in [1.807, 2.05) is 0 Å². The average Bonchev–Trinajstić information content (AvgIpc) is 2.27. The quantitative estimate of drug-likeness (QED) is 0.763. The van der Waals surface area contributed by atoms with Crippen LogP contribution in [0, 0.1) is 5.92 Å². The summed E-state index contributed by atoms with van der Waals surface area (Å²) < 4.78 is 0. The molecular weight excluding hydrogens is 210 g/mol. The monoisotopic (exact) mass is 241 g/mol. The summed E-state index contributed by atoms with van der Waals surface area (Å²) >= 11 is 0. The zero-order valence-corrected chi connectivity index (χ0v) is 12.4. The van der Waals surface area contributed by atoms with Crippen LogP contribution in [0.4, 0.5) is 0 Å². The molecule has 0 aromatic rings. The number of nitrogens with one attached hydrogen (secondary N) is 1. The van der Waals surface area contributed by atoms with Gasteiger partial charge in [0.1, 0.15) is 0 Å². The Morgan fingerprint density at radius 2 is 1.82 bits per heavy atom. The predicted octanol–water partition coefficient (Wildman–Crippen LogP) is 1.65. The van der Waals surface area contributed by atoms with Gasteiger partial charge in [0.15, 0.2) is 0 Å². The Balaban J connectivity index is 2.21. The summed E-state index contributed by atoms with van der Waals surface area (Å²) in [4.78, 5) is 5.01. The highest BCUT2D eigenvalue weighted by Gasteiger charge is 2.21. The van der Waals surface area contributed by atoms with Gasteiger partial charge in [-0.2, -0.15) is 0 Å². The Morgan fingerprint density at radius 3 is 2.35 bits per heavy atom. The summed E-state index contributed by atoms with van der Waals surface area (Å²) in [6.07, 6.45) is 2.66. The molecule has 0 aromatic carbocycles. The van der Waals surface area contributed by atoms with Crippen LogP contribution in [0.3, 0.4) is 0 Å². The minimum atomic E-state index is 0.603. The molecule has 1 saturated heterocycles. The molecule has 0 spiro atoms. The van der Waals surface area contributed by atoms with Gasteiger partial charge < -0.3 is 15.1 Å². The lowest BCUT2D eigenvalue weighted by Crippen LogP contribution is -2.44. The summed E-state index contributed by atoms with van der Waals surface area (Å²) in [7, 11) is 4.52. The van der Waals surface area contributed by atoms with Gasteiger partial charge in [-0.3, -0.25) is 0 Å². The molecule has 0 radical (unpaired) electrons. The number of nitrogens with zero attached hydrogens (tertiary/aromatic N) is 2. The molecule has 1 aliphatic heterocycles. The Hall–Kier alpha value is -0.120. The van der Waals surface area contributed by atoms with Crippen LogP contribution in [0.1, 0.15) is 33.6 Å². The number of hydrogen-bond donors (Lipinski definition) is 1. The van der Waals surface area contributed by atoms with Crippen LogP contribution < -0.4 is 5.32 Å². The fourth-order valence-corrected chi connectivity index (χ4v) is 2.58. The number of rotatable bonds is 6. The predicted molar refractivity (Wildman–Crippen MR) is 75.5 cm³/mol. The van der Waals surface area contributed by atoms with E-state index in [1.165, 1.54) is 32.5 Å². The van der Waals surface area contributed by atoms with Crippen molar-refractivity contribution in [3.63, 3.8) is 0 Å². The number of likely N-dealkylation sites (tertiary alicyclic amines) is 1. The molecule has 17 heavy (non-hydrogen) atoms. The minimum absolute atomic E-state index is 0.603. The highest BCUT2D eigenvalue weighted by molar-refractivity contribution is 4.78. The van der Waals surface area contributed by atoms with E-state index in [9.17, 15) is 0 Å². The second-order valence-electron chi connectivity index (χ2n) is 6.14. The van der Waals surface area contributed by atoms with E-state index in [0.717, 1.165) is 18.5 Å². The van der Waals surface area contributed by atoms with Gasteiger partial charge in [-0.1, -0.05) is 20.8 Å². The molecule has 1 atom stereocenters. The molecule has 1 N–H and O–H groups in total. The third-order valence-corrected chi connectivity index (χ3v) is 3.79. The Kier molecular flexibility index (Phi) is 6.45. The third kappa shape index (κ3) is 5.84. The van der Waals surface area contributed by atoms with E-state index in [2.05, 4.69) is 50.0 Å². The Bertz CT molecular complexity index is 198. The molecule has 0 bridgehead atoms. The molecule has 0 aromatic heterocycles. The molecule has 0 aliphatic carbocycles. The molecule has 1 fully saturated rings. The average molecular weight is 241 g/mol. The minimum Gasteiger partial charge on any atom is -0.314 e. The van der Waals surface area contributed by atoms with Crippen molar-refractivity contribution in [1.29, 1.82) is 0 Å². The van der Waals surface area contributed by atoms with Gasteiger partial charge in [-0.15, -0.1) is 0 Å². The zero-order valence-electron chi connectivity index (χ0n) is 12.4. The molecule has 1 heterocycles. The van der Waals surface area contributed by atoms with Crippen LogP contribution >= 0.6 is 0 Å². The van der Waals surface area contributed by atoms with Crippen LogP contribution in [0.2, 0.25) is 0 Å². The summed E-state index contributed by atoms with van der Waals surface area (Å²) in [5, 5.41) is 3.53. The Labute approximate surface area is 108 Å². The number of piperidine rings is 1.